The van der Waals surface area contributed by atoms with Gasteiger partial charge in [-0.2, -0.15) is 0 Å². The molecule has 10 heavy (non-hydrogen) atoms. The third kappa shape index (κ3) is 1.22. The molecule has 0 saturated carbocycles. The molecule has 1 aromatic heterocycles. The van der Waals surface area contributed by atoms with E-state index in [1.165, 1.54) is 12.3 Å². The number of carbonyl (C=O) groups excluding carboxylic acids is 1. The summed E-state index contributed by atoms with van der Waals surface area (Å²) in [7, 11) is 0. The number of carbonyl (C=O) groups is 1. The Labute approximate surface area is 57.9 Å². The molecular weight excluding hydrogens is 130 g/mol. The molecule has 0 aliphatic heterocycles. The minimum atomic E-state index is -0.618. The molecule has 4 heteroatoms. The Bertz CT molecular complexity index is 259. The Morgan fingerprint density at radius 2 is 2.40 bits per heavy atom. The highest BCUT2D eigenvalue weighted by Crippen LogP contribution is 1.99. The number of amides is 1. The smallest absolute Gasteiger partial charge is 0.268 e. The van der Waals surface area contributed by atoms with Crippen molar-refractivity contribution in [1.82, 2.24) is 4.98 Å². The van der Waals surface area contributed by atoms with Crippen LogP contribution in [0.5, 0.6) is 0 Å². The number of pyridine rings is 1. The minimum absolute atomic E-state index is 0.0694. The Kier molecular flexibility index (Phi) is 1.53. The summed E-state index contributed by atoms with van der Waals surface area (Å²) < 4.78 is 0. The van der Waals surface area contributed by atoms with Crippen LogP contribution in [0.15, 0.2) is 12.3 Å². The molecule has 1 rings (SSSR count). The van der Waals surface area contributed by atoms with E-state index in [1.54, 1.807) is 0 Å². The van der Waals surface area contributed by atoms with E-state index < -0.39 is 5.91 Å². The molecule has 4 N–H and O–H groups in total. The summed E-state index contributed by atoms with van der Waals surface area (Å²) in [5.74, 6) is -0.618. The zero-order valence-electron chi connectivity index (χ0n) is 5.16. The van der Waals surface area contributed by atoms with E-state index in [-0.39, 0.29) is 5.69 Å². The van der Waals surface area contributed by atoms with Crippen LogP contribution in [-0.2, 0) is 0 Å². The van der Waals surface area contributed by atoms with Crippen molar-refractivity contribution < 1.29 is 4.79 Å². The topological polar surface area (TPSA) is 82.0 Å². The van der Waals surface area contributed by atoms with Gasteiger partial charge in [0.25, 0.3) is 5.91 Å². The summed E-state index contributed by atoms with van der Waals surface area (Å²) in [4.78, 5) is 14.1. The Hall–Kier alpha value is -1.58. The second kappa shape index (κ2) is 2.34. The van der Waals surface area contributed by atoms with Gasteiger partial charge < -0.3 is 11.5 Å². The van der Waals surface area contributed by atoms with Crippen LogP contribution in [0, 0.1) is 6.07 Å². The lowest BCUT2D eigenvalue weighted by Gasteiger charge is -1.92. The molecule has 0 aliphatic rings. The number of hydrogen-bond donors (Lipinski definition) is 2. The highest BCUT2D eigenvalue weighted by molar-refractivity contribution is 5.91. The van der Waals surface area contributed by atoms with Gasteiger partial charge in [-0.1, -0.05) is 0 Å². The van der Waals surface area contributed by atoms with Gasteiger partial charge in [0.05, 0.1) is 0 Å². The first kappa shape index (κ1) is 6.54. The predicted octanol–water partition coefficient (Wildman–Crippen LogP) is -0.437. The number of nitrogens with two attached hydrogens (primary N) is 2. The van der Waals surface area contributed by atoms with Gasteiger partial charge in [-0.25, -0.2) is 0 Å². The van der Waals surface area contributed by atoms with Crippen molar-refractivity contribution in [3.8, 4) is 0 Å². The zero-order chi connectivity index (χ0) is 7.56. The Morgan fingerprint density at radius 3 is 2.80 bits per heavy atom. The lowest BCUT2D eigenvalue weighted by Crippen LogP contribution is -2.13. The van der Waals surface area contributed by atoms with E-state index in [4.69, 9.17) is 11.5 Å². The second-order valence-electron chi connectivity index (χ2n) is 1.74. The highest BCUT2D eigenvalue weighted by atomic mass is 16.1. The molecule has 0 saturated heterocycles. The van der Waals surface area contributed by atoms with Gasteiger partial charge in [-0.05, 0) is 6.07 Å². The number of primary amides is 1. The van der Waals surface area contributed by atoms with Crippen LogP contribution in [0.2, 0.25) is 0 Å². The summed E-state index contributed by atoms with van der Waals surface area (Å²) >= 11 is 0. The van der Waals surface area contributed by atoms with Crippen LogP contribution in [0.3, 0.4) is 0 Å². The van der Waals surface area contributed by atoms with Crippen molar-refractivity contribution in [3.05, 3.63) is 24.0 Å². The van der Waals surface area contributed by atoms with Crippen LogP contribution in [0.4, 0.5) is 5.69 Å². The third-order valence-corrected chi connectivity index (χ3v) is 0.954. The van der Waals surface area contributed by atoms with Crippen molar-refractivity contribution in [2.45, 2.75) is 0 Å². The van der Waals surface area contributed by atoms with Crippen molar-refractivity contribution in [1.29, 1.82) is 0 Å². The van der Waals surface area contributed by atoms with Gasteiger partial charge in [0.2, 0.25) is 0 Å². The molecule has 0 bridgehead atoms. The first-order valence-electron chi connectivity index (χ1n) is 2.64. The monoisotopic (exact) mass is 136 g/mol. The van der Waals surface area contributed by atoms with Gasteiger partial charge in [-0.15, -0.1) is 0 Å². The van der Waals surface area contributed by atoms with Gasteiger partial charge >= 0.3 is 0 Å². The van der Waals surface area contributed by atoms with Crippen molar-refractivity contribution >= 4 is 11.6 Å². The molecule has 0 fully saturated rings. The fourth-order valence-electron chi connectivity index (χ4n) is 0.528. The van der Waals surface area contributed by atoms with Gasteiger partial charge in [-0.3, -0.25) is 9.78 Å². The summed E-state index contributed by atoms with van der Waals surface area (Å²) in [6, 6.07) is 4.03. The number of anilines is 1. The van der Waals surface area contributed by atoms with E-state index in [0.717, 1.165) is 0 Å². The van der Waals surface area contributed by atoms with Crippen molar-refractivity contribution in [2.24, 2.45) is 5.73 Å². The fourth-order valence-corrected chi connectivity index (χ4v) is 0.528. The van der Waals surface area contributed by atoms with Gasteiger partial charge in [0.1, 0.15) is 5.69 Å². The summed E-state index contributed by atoms with van der Waals surface area (Å²) in [5.41, 5.74) is 10.6. The number of nitrogen functional groups attached to an aromatic ring is 1. The lowest BCUT2D eigenvalue weighted by atomic mass is 10.3. The average Bonchev–Trinajstić information content (AvgIpc) is 1.88. The van der Waals surface area contributed by atoms with Gasteiger partial charge in [0, 0.05) is 18.0 Å². The number of aromatic nitrogens is 1. The highest BCUT2D eigenvalue weighted by Gasteiger charge is 2.00. The lowest BCUT2D eigenvalue weighted by molar-refractivity contribution is 0.0995. The first-order valence-corrected chi connectivity index (χ1v) is 2.64. The standard InChI is InChI=1S/C6H6N3O/c7-4-1-2-9-5(3-4)6(8)10/h1-2H,(H2,7,9)(H2,8,10). The van der Waals surface area contributed by atoms with Crippen LogP contribution in [-0.4, -0.2) is 10.9 Å². The number of rotatable bonds is 1. The van der Waals surface area contributed by atoms with Crippen LogP contribution < -0.4 is 11.5 Å². The molecule has 1 radical (unpaired) electrons. The Balaban J connectivity index is 3.07. The predicted molar refractivity (Wildman–Crippen MR) is 36.0 cm³/mol. The molecule has 51 valence electrons. The van der Waals surface area contributed by atoms with E-state index in [1.807, 2.05) is 0 Å². The van der Waals surface area contributed by atoms with E-state index in [2.05, 4.69) is 11.1 Å². The Morgan fingerprint density at radius 1 is 1.70 bits per heavy atom. The fraction of sp³-hybridized carbons (Fsp3) is 0. The number of hydrogen-bond acceptors (Lipinski definition) is 3. The molecular formula is C6H6N3O. The molecule has 0 aromatic carbocycles. The quantitative estimate of drug-likeness (QED) is 0.549. The largest absolute Gasteiger partial charge is 0.398 e. The molecule has 1 amide bonds. The van der Waals surface area contributed by atoms with Crippen LogP contribution >= 0.6 is 0 Å². The molecule has 0 unspecified atom stereocenters. The maximum Gasteiger partial charge on any atom is 0.268 e. The maximum atomic E-state index is 10.4. The first-order chi connectivity index (χ1) is 4.70. The normalized spacial score (nSPS) is 9.20. The second-order valence-corrected chi connectivity index (χ2v) is 1.74. The van der Waals surface area contributed by atoms with Crippen LogP contribution in [0.25, 0.3) is 0 Å². The van der Waals surface area contributed by atoms with E-state index in [9.17, 15) is 4.79 Å². The molecule has 0 atom stereocenters. The minimum Gasteiger partial charge on any atom is -0.398 e. The molecule has 4 nitrogen and oxygen atoms in total. The van der Waals surface area contributed by atoms with Crippen molar-refractivity contribution in [3.63, 3.8) is 0 Å². The third-order valence-electron chi connectivity index (χ3n) is 0.954. The van der Waals surface area contributed by atoms with E-state index in [0.29, 0.717) is 5.69 Å². The van der Waals surface area contributed by atoms with Crippen molar-refractivity contribution in [2.75, 3.05) is 5.73 Å². The van der Waals surface area contributed by atoms with E-state index >= 15 is 0 Å². The molecule has 0 spiro atoms. The SMILES string of the molecule is NC(=O)c1[c]c(N)ccn1. The average molecular weight is 136 g/mol. The summed E-state index contributed by atoms with van der Waals surface area (Å²) in [6.45, 7) is 0. The summed E-state index contributed by atoms with van der Waals surface area (Å²) in [5, 5.41) is 0. The molecule has 1 aromatic rings. The number of nitrogens with zero attached hydrogens (tertiary/aromatic N) is 1. The zero-order valence-corrected chi connectivity index (χ0v) is 5.16. The summed E-state index contributed by atoms with van der Waals surface area (Å²) in [6.07, 6.45) is 1.41. The molecule has 0 aliphatic carbocycles. The molecule has 1 heterocycles. The van der Waals surface area contributed by atoms with Crippen LogP contribution in [0.1, 0.15) is 10.5 Å². The maximum absolute atomic E-state index is 10.4. The van der Waals surface area contributed by atoms with Gasteiger partial charge in [0.15, 0.2) is 0 Å².